The molecular weight excluding hydrogens is 263 g/mol. The van der Waals surface area contributed by atoms with E-state index in [1.54, 1.807) is 0 Å². The number of hydrogen-bond acceptors (Lipinski definition) is 3. The Morgan fingerprint density at radius 2 is 1.95 bits per heavy atom. The van der Waals surface area contributed by atoms with Crippen molar-refractivity contribution in [1.82, 2.24) is 5.32 Å². The molecule has 1 aliphatic carbocycles. The summed E-state index contributed by atoms with van der Waals surface area (Å²) in [6.07, 6.45) is 0.960. The van der Waals surface area contributed by atoms with Gasteiger partial charge in [0.15, 0.2) is 5.92 Å². The van der Waals surface area contributed by atoms with Gasteiger partial charge in [0.25, 0.3) is 0 Å². The van der Waals surface area contributed by atoms with Crippen LogP contribution in [0.2, 0.25) is 0 Å². The van der Waals surface area contributed by atoms with E-state index in [4.69, 9.17) is 9.84 Å². The molecule has 1 aliphatic rings. The van der Waals surface area contributed by atoms with Gasteiger partial charge in [-0.3, -0.25) is 4.79 Å². The van der Waals surface area contributed by atoms with Gasteiger partial charge in [-0.1, -0.05) is 19.3 Å². The number of carbonyl (C=O) groups is 1. The predicted octanol–water partition coefficient (Wildman–Crippen LogP) is 2.19. The van der Waals surface area contributed by atoms with Crippen molar-refractivity contribution in [3.63, 3.8) is 0 Å². The molecule has 0 aromatic rings. The monoisotopic (exact) mass is 283 g/mol. The third-order valence-corrected chi connectivity index (χ3v) is 3.23. The maximum Gasteiger partial charge on any atom is 0.403 e. The molecule has 0 amide bonds. The summed E-state index contributed by atoms with van der Waals surface area (Å²) in [4.78, 5) is 10.5. The van der Waals surface area contributed by atoms with Crippen LogP contribution in [0.25, 0.3) is 0 Å². The van der Waals surface area contributed by atoms with Crippen LogP contribution in [0.5, 0.6) is 0 Å². The summed E-state index contributed by atoms with van der Waals surface area (Å²) in [5.41, 5.74) is 0. The molecule has 1 fully saturated rings. The zero-order chi connectivity index (χ0) is 14.3. The molecule has 7 heteroatoms. The number of hydrogen-bond donors (Lipinski definition) is 2. The summed E-state index contributed by atoms with van der Waals surface area (Å²) in [6.45, 7) is -0.0713. The molecule has 4 nitrogen and oxygen atoms in total. The molecule has 112 valence electrons. The molecule has 0 heterocycles. The lowest BCUT2D eigenvalue weighted by Crippen LogP contribution is -2.40. The normalized spacial score (nSPS) is 19.3. The summed E-state index contributed by atoms with van der Waals surface area (Å²) in [5, 5.41) is 11.0. The van der Waals surface area contributed by atoms with E-state index in [0.29, 0.717) is 6.61 Å². The van der Waals surface area contributed by atoms with Crippen LogP contribution in [-0.4, -0.2) is 43.1 Å². The van der Waals surface area contributed by atoms with Crippen LogP contribution >= 0.6 is 0 Å². The van der Waals surface area contributed by atoms with E-state index < -0.39 is 24.6 Å². The molecule has 0 aliphatic heterocycles. The van der Waals surface area contributed by atoms with Crippen LogP contribution < -0.4 is 5.32 Å². The van der Waals surface area contributed by atoms with Crippen molar-refractivity contribution in [2.75, 3.05) is 19.7 Å². The molecule has 0 aromatic heterocycles. The van der Waals surface area contributed by atoms with Gasteiger partial charge in [0, 0.05) is 13.1 Å². The van der Waals surface area contributed by atoms with E-state index in [0.717, 1.165) is 25.7 Å². The number of aliphatic carboxylic acids is 1. The van der Waals surface area contributed by atoms with Crippen molar-refractivity contribution in [3.05, 3.63) is 0 Å². The lowest BCUT2D eigenvalue weighted by molar-refractivity contribution is -0.192. The van der Waals surface area contributed by atoms with E-state index in [1.807, 2.05) is 0 Å². The Balaban J connectivity index is 2.13. The second-order valence-electron chi connectivity index (χ2n) is 4.77. The number of rotatable bonds is 7. The van der Waals surface area contributed by atoms with Crippen LogP contribution in [0.3, 0.4) is 0 Å². The van der Waals surface area contributed by atoms with Crippen LogP contribution in [0.15, 0.2) is 0 Å². The van der Waals surface area contributed by atoms with Crippen molar-refractivity contribution in [3.8, 4) is 0 Å². The van der Waals surface area contributed by atoms with Gasteiger partial charge in [-0.25, -0.2) is 0 Å². The average Bonchev–Trinajstić information content (AvgIpc) is 2.32. The molecule has 1 rings (SSSR count). The highest BCUT2D eigenvalue weighted by atomic mass is 19.4. The minimum Gasteiger partial charge on any atom is -0.481 e. The van der Waals surface area contributed by atoms with Gasteiger partial charge in [0.2, 0.25) is 0 Å². The Morgan fingerprint density at radius 3 is 2.47 bits per heavy atom. The highest BCUT2D eigenvalue weighted by Crippen LogP contribution is 2.25. The summed E-state index contributed by atoms with van der Waals surface area (Å²) >= 11 is 0. The zero-order valence-electron chi connectivity index (χ0n) is 10.7. The summed E-state index contributed by atoms with van der Waals surface area (Å²) in [5.74, 6) is -4.21. The molecule has 1 unspecified atom stereocenters. The topological polar surface area (TPSA) is 58.6 Å². The largest absolute Gasteiger partial charge is 0.481 e. The van der Waals surface area contributed by atoms with Crippen molar-refractivity contribution in [1.29, 1.82) is 0 Å². The van der Waals surface area contributed by atoms with Crippen LogP contribution in [0.1, 0.15) is 32.1 Å². The summed E-state index contributed by atoms with van der Waals surface area (Å²) in [7, 11) is 0. The number of nitrogens with one attached hydrogen (secondary N) is 1. The summed E-state index contributed by atoms with van der Waals surface area (Å²) in [6, 6.07) is 0. The highest BCUT2D eigenvalue weighted by Gasteiger charge is 2.44. The second kappa shape index (κ2) is 7.69. The molecule has 0 saturated heterocycles. The number of alkyl halides is 3. The fraction of sp³-hybridized carbons (Fsp3) is 0.917. The SMILES string of the molecule is O=C(O)C(CNCCOC1CCCCC1)C(F)(F)F. The standard InChI is InChI=1S/C12H20F3NO3/c13-12(14,15)10(11(17)18)8-16-6-7-19-9-4-2-1-3-5-9/h9-10,16H,1-8H2,(H,17,18). The molecule has 0 radical (unpaired) electrons. The fourth-order valence-corrected chi connectivity index (χ4v) is 2.12. The second-order valence-corrected chi connectivity index (χ2v) is 4.77. The van der Waals surface area contributed by atoms with E-state index >= 15 is 0 Å². The first-order chi connectivity index (χ1) is 8.91. The maximum absolute atomic E-state index is 12.3. The van der Waals surface area contributed by atoms with Crippen molar-refractivity contribution >= 4 is 5.97 Å². The Hall–Kier alpha value is -0.820. The van der Waals surface area contributed by atoms with Crippen molar-refractivity contribution < 1.29 is 27.8 Å². The molecule has 1 atom stereocenters. The number of ether oxygens (including phenoxy) is 1. The van der Waals surface area contributed by atoms with E-state index in [9.17, 15) is 18.0 Å². The van der Waals surface area contributed by atoms with E-state index in [-0.39, 0.29) is 12.6 Å². The molecule has 0 spiro atoms. The first-order valence-corrected chi connectivity index (χ1v) is 6.53. The molecule has 2 N–H and O–H groups in total. The van der Waals surface area contributed by atoms with E-state index in [2.05, 4.69) is 5.32 Å². The Kier molecular flexibility index (Phi) is 6.57. The van der Waals surface area contributed by atoms with Gasteiger partial charge in [0.1, 0.15) is 0 Å². The number of carboxylic acid groups (broad SMARTS) is 1. The lowest BCUT2D eigenvalue weighted by atomic mass is 9.98. The Bertz CT molecular complexity index is 278. The van der Waals surface area contributed by atoms with Crippen LogP contribution in [-0.2, 0) is 9.53 Å². The number of carboxylic acids is 1. The van der Waals surface area contributed by atoms with Gasteiger partial charge in [0.05, 0.1) is 12.7 Å². The highest BCUT2D eigenvalue weighted by molar-refractivity contribution is 5.71. The smallest absolute Gasteiger partial charge is 0.403 e. The molecule has 1 saturated carbocycles. The van der Waals surface area contributed by atoms with Crippen molar-refractivity contribution in [2.24, 2.45) is 5.92 Å². The lowest BCUT2D eigenvalue weighted by Gasteiger charge is -2.22. The zero-order valence-corrected chi connectivity index (χ0v) is 10.7. The van der Waals surface area contributed by atoms with Gasteiger partial charge < -0.3 is 15.2 Å². The quantitative estimate of drug-likeness (QED) is 0.703. The fourth-order valence-electron chi connectivity index (χ4n) is 2.12. The number of halogens is 3. The van der Waals surface area contributed by atoms with Gasteiger partial charge in [-0.05, 0) is 12.8 Å². The predicted molar refractivity (Wildman–Crippen MR) is 62.9 cm³/mol. The Labute approximate surface area is 110 Å². The third kappa shape index (κ3) is 6.24. The Morgan fingerprint density at radius 1 is 1.32 bits per heavy atom. The minimum atomic E-state index is -4.72. The van der Waals surface area contributed by atoms with Crippen LogP contribution in [0, 0.1) is 5.92 Å². The first-order valence-electron chi connectivity index (χ1n) is 6.53. The van der Waals surface area contributed by atoms with Crippen molar-refractivity contribution in [2.45, 2.75) is 44.4 Å². The summed E-state index contributed by atoms with van der Waals surface area (Å²) < 4.78 is 42.5. The van der Waals surface area contributed by atoms with Gasteiger partial charge in [-0.15, -0.1) is 0 Å². The van der Waals surface area contributed by atoms with Crippen LogP contribution in [0.4, 0.5) is 13.2 Å². The first kappa shape index (κ1) is 16.2. The molecular formula is C12H20F3NO3. The molecule has 0 bridgehead atoms. The molecule has 19 heavy (non-hydrogen) atoms. The van der Waals surface area contributed by atoms with Gasteiger partial charge in [-0.2, -0.15) is 13.2 Å². The average molecular weight is 283 g/mol. The van der Waals surface area contributed by atoms with E-state index in [1.165, 1.54) is 6.42 Å². The maximum atomic E-state index is 12.3. The third-order valence-electron chi connectivity index (χ3n) is 3.23. The van der Waals surface area contributed by atoms with Gasteiger partial charge >= 0.3 is 12.1 Å². The molecule has 0 aromatic carbocycles. The minimum absolute atomic E-state index is 0.202.